The number of hydrogen-bond acceptors (Lipinski definition) is 3. The van der Waals surface area contributed by atoms with Crippen LogP contribution in [-0.4, -0.2) is 7.11 Å². The van der Waals surface area contributed by atoms with Crippen LogP contribution < -0.4 is 15.2 Å². The summed E-state index contributed by atoms with van der Waals surface area (Å²) < 4.78 is 48.9. The van der Waals surface area contributed by atoms with Crippen molar-refractivity contribution in [2.24, 2.45) is 0 Å². The molecule has 106 valence electrons. The van der Waals surface area contributed by atoms with Gasteiger partial charge in [0.2, 0.25) is 0 Å². The van der Waals surface area contributed by atoms with Crippen molar-refractivity contribution >= 4 is 5.69 Å². The molecule has 0 radical (unpaired) electrons. The lowest BCUT2D eigenvalue weighted by molar-refractivity contribution is -0.138. The van der Waals surface area contributed by atoms with Crippen LogP contribution >= 0.6 is 0 Å². The minimum atomic E-state index is -4.53. The molecule has 20 heavy (non-hydrogen) atoms. The predicted octanol–water partition coefficient (Wildman–Crippen LogP) is 4.09. The van der Waals surface area contributed by atoms with Crippen LogP contribution in [0.3, 0.4) is 0 Å². The minimum Gasteiger partial charge on any atom is -0.497 e. The van der Waals surface area contributed by atoms with E-state index in [4.69, 9.17) is 15.2 Å². The Morgan fingerprint density at radius 1 is 0.950 bits per heavy atom. The first kappa shape index (κ1) is 14.0. The fraction of sp³-hybridized carbons (Fsp3) is 0.143. The summed E-state index contributed by atoms with van der Waals surface area (Å²) in [6, 6.07) is 9.64. The van der Waals surface area contributed by atoms with E-state index in [-0.39, 0.29) is 17.2 Å². The van der Waals surface area contributed by atoms with Gasteiger partial charge < -0.3 is 15.2 Å². The van der Waals surface area contributed by atoms with Gasteiger partial charge in [-0.3, -0.25) is 0 Å². The molecule has 0 amide bonds. The SMILES string of the molecule is COc1ccc(Oc2ccc(N)cc2C(F)(F)F)cc1. The first-order valence-corrected chi connectivity index (χ1v) is 5.69. The second-order valence-corrected chi connectivity index (χ2v) is 4.03. The highest BCUT2D eigenvalue weighted by Gasteiger charge is 2.34. The van der Waals surface area contributed by atoms with Crippen LogP contribution in [-0.2, 0) is 6.18 Å². The Bertz CT molecular complexity index is 594. The van der Waals surface area contributed by atoms with E-state index in [0.29, 0.717) is 5.75 Å². The molecule has 0 atom stereocenters. The molecule has 0 aliphatic heterocycles. The average Bonchev–Trinajstić information content (AvgIpc) is 2.40. The third kappa shape index (κ3) is 3.14. The third-order valence-corrected chi connectivity index (χ3v) is 2.60. The standard InChI is InChI=1S/C14H12F3NO2/c1-19-10-3-5-11(6-4-10)20-13-7-2-9(18)8-12(13)14(15,16)17/h2-8H,18H2,1H3. The van der Waals surface area contributed by atoms with Gasteiger partial charge in [-0.2, -0.15) is 13.2 Å². The maximum Gasteiger partial charge on any atom is 0.420 e. The molecule has 2 aromatic rings. The molecule has 3 nitrogen and oxygen atoms in total. The van der Waals surface area contributed by atoms with Crippen molar-refractivity contribution in [2.75, 3.05) is 12.8 Å². The lowest BCUT2D eigenvalue weighted by atomic mass is 10.1. The molecular weight excluding hydrogens is 271 g/mol. The Hall–Kier alpha value is -2.37. The molecule has 0 saturated carbocycles. The largest absolute Gasteiger partial charge is 0.497 e. The van der Waals surface area contributed by atoms with Gasteiger partial charge in [-0.25, -0.2) is 0 Å². The van der Waals surface area contributed by atoms with E-state index in [0.717, 1.165) is 6.07 Å². The van der Waals surface area contributed by atoms with Gasteiger partial charge >= 0.3 is 6.18 Å². The lowest BCUT2D eigenvalue weighted by Crippen LogP contribution is -2.08. The summed E-state index contributed by atoms with van der Waals surface area (Å²) in [5.41, 5.74) is 4.50. The molecule has 0 aliphatic carbocycles. The molecule has 0 unspecified atom stereocenters. The fourth-order valence-corrected chi connectivity index (χ4v) is 1.63. The monoisotopic (exact) mass is 283 g/mol. The molecule has 0 aliphatic rings. The molecule has 2 rings (SSSR count). The zero-order chi connectivity index (χ0) is 14.8. The summed E-state index contributed by atoms with van der Waals surface area (Å²) in [6.45, 7) is 0. The van der Waals surface area contributed by atoms with Crippen molar-refractivity contribution in [2.45, 2.75) is 6.18 Å². The number of nitrogen functional groups attached to an aromatic ring is 1. The smallest absolute Gasteiger partial charge is 0.420 e. The van der Waals surface area contributed by atoms with Crippen LogP contribution in [0.15, 0.2) is 42.5 Å². The Labute approximate surface area is 113 Å². The number of benzene rings is 2. The Morgan fingerprint density at radius 3 is 2.10 bits per heavy atom. The summed E-state index contributed by atoms with van der Waals surface area (Å²) in [4.78, 5) is 0. The van der Waals surface area contributed by atoms with Gasteiger partial charge in [0.1, 0.15) is 22.8 Å². The van der Waals surface area contributed by atoms with Crippen LogP contribution in [0.25, 0.3) is 0 Å². The van der Waals surface area contributed by atoms with Gasteiger partial charge in [-0.15, -0.1) is 0 Å². The topological polar surface area (TPSA) is 44.5 Å². The minimum absolute atomic E-state index is 0.0272. The highest BCUT2D eigenvalue weighted by Crippen LogP contribution is 2.39. The van der Waals surface area contributed by atoms with E-state index in [9.17, 15) is 13.2 Å². The van der Waals surface area contributed by atoms with Crippen molar-refractivity contribution in [1.82, 2.24) is 0 Å². The number of hydrogen-bond donors (Lipinski definition) is 1. The predicted molar refractivity (Wildman–Crippen MR) is 68.9 cm³/mol. The number of anilines is 1. The van der Waals surface area contributed by atoms with Crippen molar-refractivity contribution in [1.29, 1.82) is 0 Å². The summed E-state index contributed by atoms with van der Waals surface area (Å²) >= 11 is 0. The highest BCUT2D eigenvalue weighted by molar-refractivity contribution is 5.50. The summed E-state index contributed by atoms with van der Waals surface area (Å²) in [5, 5.41) is 0. The highest BCUT2D eigenvalue weighted by atomic mass is 19.4. The summed E-state index contributed by atoms with van der Waals surface area (Å²) in [5.74, 6) is 0.573. The third-order valence-electron chi connectivity index (χ3n) is 2.60. The maximum atomic E-state index is 12.9. The lowest BCUT2D eigenvalue weighted by Gasteiger charge is -2.14. The van der Waals surface area contributed by atoms with Gasteiger partial charge in [0, 0.05) is 5.69 Å². The quantitative estimate of drug-likeness (QED) is 0.863. The molecular formula is C14H12F3NO2. The zero-order valence-corrected chi connectivity index (χ0v) is 10.6. The van der Waals surface area contributed by atoms with E-state index >= 15 is 0 Å². The van der Waals surface area contributed by atoms with E-state index in [1.165, 1.54) is 31.4 Å². The van der Waals surface area contributed by atoms with Crippen LogP contribution in [0.5, 0.6) is 17.2 Å². The van der Waals surface area contributed by atoms with E-state index in [2.05, 4.69) is 0 Å². The molecule has 6 heteroatoms. The van der Waals surface area contributed by atoms with Gasteiger partial charge in [0.05, 0.1) is 7.11 Å². The van der Waals surface area contributed by atoms with Crippen molar-refractivity contribution < 1.29 is 22.6 Å². The molecule has 0 saturated heterocycles. The van der Waals surface area contributed by atoms with Gasteiger partial charge in [-0.1, -0.05) is 0 Å². The van der Waals surface area contributed by atoms with Crippen molar-refractivity contribution in [3.05, 3.63) is 48.0 Å². The van der Waals surface area contributed by atoms with E-state index < -0.39 is 11.7 Å². The molecule has 0 aromatic heterocycles. The molecule has 0 fully saturated rings. The number of methoxy groups -OCH3 is 1. The molecule has 0 spiro atoms. The van der Waals surface area contributed by atoms with Crippen LogP contribution in [0.4, 0.5) is 18.9 Å². The number of rotatable bonds is 3. The molecule has 2 N–H and O–H groups in total. The Morgan fingerprint density at radius 2 is 1.55 bits per heavy atom. The second kappa shape index (κ2) is 5.32. The number of nitrogens with two attached hydrogens (primary N) is 1. The van der Waals surface area contributed by atoms with E-state index in [1.54, 1.807) is 12.1 Å². The van der Waals surface area contributed by atoms with Crippen molar-refractivity contribution in [3.8, 4) is 17.2 Å². The average molecular weight is 283 g/mol. The Balaban J connectivity index is 2.32. The number of alkyl halides is 3. The fourth-order valence-electron chi connectivity index (χ4n) is 1.63. The Kier molecular flexibility index (Phi) is 3.74. The molecule has 0 bridgehead atoms. The van der Waals surface area contributed by atoms with Crippen LogP contribution in [0.2, 0.25) is 0 Å². The first-order chi connectivity index (χ1) is 9.40. The second-order valence-electron chi connectivity index (χ2n) is 4.03. The van der Waals surface area contributed by atoms with Gasteiger partial charge in [-0.05, 0) is 42.5 Å². The van der Waals surface area contributed by atoms with Crippen LogP contribution in [0.1, 0.15) is 5.56 Å². The first-order valence-electron chi connectivity index (χ1n) is 5.69. The summed E-state index contributed by atoms with van der Waals surface area (Å²) in [6.07, 6.45) is -4.53. The van der Waals surface area contributed by atoms with E-state index in [1.807, 2.05) is 0 Å². The van der Waals surface area contributed by atoms with Gasteiger partial charge in [0.15, 0.2) is 0 Å². The number of halogens is 3. The normalized spacial score (nSPS) is 11.2. The zero-order valence-electron chi connectivity index (χ0n) is 10.6. The maximum absolute atomic E-state index is 12.9. The van der Waals surface area contributed by atoms with Crippen LogP contribution in [0, 0.1) is 0 Å². The van der Waals surface area contributed by atoms with Crippen molar-refractivity contribution in [3.63, 3.8) is 0 Å². The summed E-state index contributed by atoms with van der Waals surface area (Å²) in [7, 11) is 1.50. The molecule has 0 heterocycles. The molecule has 2 aromatic carbocycles. The number of ether oxygens (including phenoxy) is 2. The van der Waals surface area contributed by atoms with Gasteiger partial charge in [0.25, 0.3) is 0 Å².